The van der Waals surface area contributed by atoms with Crippen LogP contribution in [0.15, 0.2) is 35.2 Å². The van der Waals surface area contributed by atoms with Crippen LogP contribution in [0.2, 0.25) is 0 Å². The summed E-state index contributed by atoms with van der Waals surface area (Å²) in [6.45, 7) is 11.1. The number of halogens is 1. The van der Waals surface area contributed by atoms with Crippen LogP contribution in [0.5, 0.6) is 0 Å². The average Bonchev–Trinajstić information content (AvgIpc) is 3.14. The van der Waals surface area contributed by atoms with Crippen molar-refractivity contribution in [1.29, 1.82) is 0 Å². The van der Waals surface area contributed by atoms with Crippen molar-refractivity contribution in [2.75, 3.05) is 26.2 Å². The van der Waals surface area contributed by atoms with E-state index in [2.05, 4.69) is 18.9 Å². The van der Waals surface area contributed by atoms with E-state index in [1.54, 1.807) is 4.90 Å². The Balaban J connectivity index is 1.75. The number of sulfonamides is 1. The standard InChI is InChI=1S/C21H29FN4O3S/c1-15(2)19-14-18(23-26(19)21(3,4)5)20(27)24-9-11-25(12-10-24)30(28,29)17-8-6-7-16(22)13-17/h6-8,13-15H,9-12H2,1-5H3. The number of hydrogen-bond acceptors (Lipinski definition) is 4. The topological polar surface area (TPSA) is 75.5 Å². The number of rotatable bonds is 4. The smallest absolute Gasteiger partial charge is 0.274 e. The number of benzene rings is 1. The summed E-state index contributed by atoms with van der Waals surface area (Å²) in [5.41, 5.74) is 1.10. The summed E-state index contributed by atoms with van der Waals surface area (Å²) < 4.78 is 42.1. The van der Waals surface area contributed by atoms with E-state index in [9.17, 15) is 17.6 Å². The number of amides is 1. The molecule has 0 aliphatic carbocycles. The van der Waals surface area contributed by atoms with E-state index in [0.29, 0.717) is 5.69 Å². The molecule has 30 heavy (non-hydrogen) atoms. The fourth-order valence-corrected chi connectivity index (χ4v) is 4.97. The van der Waals surface area contributed by atoms with Crippen molar-refractivity contribution >= 4 is 15.9 Å². The van der Waals surface area contributed by atoms with Crippen LogP contribution in [0.4, 0.5) is 4.39 Å². The van der Waals surface area contributed by atoms with Gasteiger partial charge >= 0.3 is 0 Å². The summed E-state index contributed by atoms with van der Waals surface area (Å²) in [6.07, 6.45) is 0. The quantitative estimate of drug-likeness (QED) is 0.738. The lowest BCUT2D eigenvalue weighted by Crippen LogP contribution is -2.50. The van der Waals surface area contributed by atoms with Crippen molar-refractivity contribution in [3.8, 4) is 0 Å². The maximum absolute atomic E-state index is 13.5. The summed E-state index contributed by atoms with van der Waals surface area (Å²) in [6, 6.07) is 6.80. The molecule has 2 heterocycles. The summed E-state index contributed by atoms with van der Waals surface area (Å²) >= 11 is 0. The molecular weight excluding hydrogens is 407 g/mol. The van der Waals surface area contributed by atoms with Crippen molar-refractivity contribution in [3.05, 3.63) is 47.5 Å². The first-order chi connectivity index (χ1) is 13.9. The van der Waals surface area contributed by atoms with Crippen LogP contribution in [-0.4, -0.2) is 59.5 Å². The number of nitrogens with zero attached hydrogens (tertiary/aromatic N) is 4. The van der Waals surface area contributed by atoms with Crippen LogP contribution < -0.4 is 0 Å². The van der Waals surface area contributed by atoms with Gasteiger partial charge in [0.25, 0.3) is 5.91 Å². The van der Waals surface area contributed by atoms with E-state index >= 15 is 0 Å². The highest BCUT2D eigenvalue weighted by Gasteiger charge is 2.32. The molecule has 7 nitrogen and oxygen atoms in total. The molecule has 1 saturated heterocycles. The predicted molar refractivity (Wildman–Crippen MR) is 112 cm³/mol. The lowest BCUT2D eigenvalue weighted by atomic mass is 10.1. The molecule has 0 spiro atoms. The molecule has 1 fully saturated rings. The fraction of sp³-hybridized carbons (Fsp3) is 0.524. The van der Waals surface area contributed by atoms with E-state index in [-0.39, 0.29) is 48.4 Å². The normalized spacial score (nSPS) is 16.3. The zero-order valence-corrected chi connectivity index (χ0v) is 18.9. The van der Waals surface area contributed by atoms with Gasteiger partial charge in [-0.25, -0.2) is 12.8 Å². The molecule has 0 N–H and O–H groups in total. The molecule has 0 saturated carbocycles. The van der Waals surface area contributed by atoms with Gasteiger partial charge in [-0.05, 0) is 51.0 Å². The highest BCUT2D eigenvalue weighted by molar-refractivity contribution is 7.89. The minimum absolute atomic E-state index is 0.0761. The van der Waals surface area contributed by atoms with Crippen molar-refractivity contribution in [2.45, 2.75) is 51.0 Å². The van der Waals surface area contributed by atoms with Crippen LogP contribution in [0, 0.1) is 5.82 Å². The van der Waals surface area contributed by atoms with E-state index in [1.165, 1.54) is 22.5 Å². The number of carbonyl (C=O) groups excluding carboxylic acids is 1. The molecule has 1 aromatic carbocycles. The second-order valence-electron chi connectivity index (χ2n) is 8.85. The maximum Gasteiger partial charge on any atom is 0.274 e. The Morgan fingerprint density at radius 3 is 2.23 bits per heavy atom. The third-order valence-electron chi connectivity index (χ3n) is 5.14. The SMILES string of the molecule is CC(C)c1cc(C(=O)N2CCN(S(=O)(=O)c3cccc(F)c3)CC2)nn1C(C)(C)C. The van der Waals surface area contributed by atoms with Crippen molar-refractivity contribution in [1.82, 2.24) is 19.0 Å². The molecular formula is C21H29FN4O3S. The monoisotopic (exact) mass is 436 g/mol. The third-order valence-corrected chi connectivity index (χ3v) is 7.04. The van der Waals surface area contributed by atoms with E-state index < -0.39 is 15.8 Å². The van der Waals surface area contributed by atoms with Gasteiger partial charge in [-0.2, -0.15) is 9.40 Å². The third kappa shape index (κ3) is 4.41. The second kappa shape index (κ2) is 8.11. The summed E-state index contributed by atoms with van der Waals surface area (Å²) in [5, 5.41) is 4.55. The van der Waals surface area contributed by atoms with Crippen molar-refractivity contribution < 1.29 is 17.6 Å². The zero-order chi connectivity index (χ0) is 22.3. The molecule has 2 aromatic rings. The minimum atomic E-state index is -3.80. The second-order valence-corrected chi connectivity index (χ2v) is 10.8. The Morgan fingerprint density at radius 1 is 1.10 bits per heavy atom. The highest BCUT2D eigenvalue weighted by Crippen LogP contribution is 2.25. The van der Waals surface area contributed by atoms with E-state index in [0.717, 1.165) is 11.8 Å². The van der Waals surface area contributed by atoms with Crippen LogP contribution in [0.1, 0.15) is 56.7 Å². The van der Waals surface area contributed by atoms with E-state index in [4.69, 9.17) is 0 Å². The molecule has 0 radical (unpaired) electrons. The molecule has 0 atom stereocenters. The number of piperazine rings is 1. The van der Waals surface area contributed by atoms with Gasteiger partial charge in [-0.3, -0.25) is 9.48 Å². The summed E-state index contributed by atoms with van der Waals surface area (Å²) in [5.74, 6) is -0.588. The summed E-state index contributed by atoms with van der Waals surface area (Å²) in [7, 11) is -3.80. The van der Waals surface area contributed by atoms with Gasteiger partial charge in [0.05, 0.1) is 10.4 Å². The van der Waals surface area contributed by atoms with Crippen molar-refractivity contribution in [3.63, 3.8) is 0 Å². The van der Waals surface area contributed by atoms with Crippen LogP contribution >= 0.6 is 0 Å². The van der Waals surface area contributed by atoms with Crippen LogP contribution in [0.25, 0.3) is 0 Å². The average molecular weight is 437 g/mol. The lowest BCUT2D eigenvalue weighted by Gasteiger charge is -2.33. The van der Waals surface area contributed by atoms with Gasteiger partial charge in [-0.1, -0.05) is 19.9 Å². The Morgan fingerprint density at radius 2 is 1.73 bits per heavy atom. The molecule has 3 rings (SSSR count). The molecule has 1 aliphatic rings. The van der Waals surface area contributed by atoms with Gasteiger partial charge in [-0.15, -0.1) is 0 Å². The number of aromatic nitrogens is 2. The van der Waals surface area contributed by atoms with Gasteiger partial charge in [0.2, 0.25) is 10.0 Å². The van der Waals surface area contributed by atoms with Crippen LogP contribution in [-0.2, 0) is 15.6 Å². The van der Waals surface area contributed by atoms with E-state index in [1.807, 2.05) is 31.5 Å². The van der Waals surface area contributed by atoms with Crippen LogP contribution in [0.3, 0.4) is 0 Å². The minimum Gasteiger partial charge on any atom is -0.335 e. The lowest BCUT2D eigenvalue weighted by molar-refractivity contribution is 0.0690. The predicted octanol–water partition coefficient (Wildman–Crippen LogP) is 3.05. The van der Waals surface area contributed by atoms with Gasteiger partial charge in [0.15, 0.2) is 5.69 Å². The molecule has 1 aromatic heterocycles. The Labute approximate surface area is 177 Å². The number of carbonyl (C=O) groups is 1. The largest absolute Gasteiger partial charge is 0.335 e. The maximum atomic E-state index is 13.5. The fourth-order valence-electron chi connectivity index (χ4n) is 3.52. The number of hydrogen-bond donors (Lipinski definition) is 0. The zero-order valence-electron chi connectivity index (χ0n) is 18.1. The molecule has 1 amide bonds. The molecule has 164 valence electrons. The Kier molecular flexibility index (Phi) is 6.06. The molecule has 9 heteroatoms. The van der Waals surface area contributed by atoms with Crippen molar-refractivity contribution in [2.24, 2.45) is 0 Å². The van der Waals surface area contributed by atoms with Gasteiger partial charge in [0, 0.05) is 31.9 Å². The first-order valence-electron chi connectivity index (χ1n) is 10.1. The Bertz CT molecular complexity index is 1030. The summed E-state index contributed by atoms with van der Waals surface area (Å²) in [4.78, 5) is 14.6. The molecule has 0 unspecified atom stereocenters. The van der Waals surface area contributed by atoms with Gasteiger partial charge < -0.3 is 4.90 Å². The Hall–Kier alpha value is -2.26. The highest BCUT2D eigenvalue weighted by atomic mass is 32.2. The molecule has 1 aliphatic heterocycles. The molecule has 0 bridgehead atoms. The first kappa shape index (κ1) is 22.4. The van der Waals surface area contributed by atoms with Gasteiger partial charge in [0.1, 0.15) is 5.82 Å². The first-order valence-corrected chi connectivity index (χ1v) is 11.5.